The molecule has 0 bridgehead atoms. The van der Waals surface area contributed by atoms with Gasteiger partial charge in [-0.3, -0.25) is 0 Å². The molecule has 1 aliphatic heterocycles. The Morgan fingerprint density at radius 1 is 0.692 bits per heavy atom. The third-order valence-corrected chi connectivity index (χ3v) is 2.23. The summed E-state index contributed by atoms with van der Waals surface area (Å²) in [5.41, 5.74) is 2.46. The lowest BCUT2D eigenvalue weighted by Crippen LogP contribution is -1.71. The van der Waals surface area contributed by atoms with Gasteiger partial charge in [0.05, 0.1) is 0 Å². The van der Waals surface area contributed by atoms with Crippen LogP contribution < -0.4 is 4.74 Å². The molecule has 0 unspecified atom stereocenters. The highest BCUT2D eigenvalue weighted by molar-refractivity contribution is 5.70. The number of rotatable bonds is 1. The molecule has 2 aromatic rings. The van der Waals surface area contributed by atoms with E-state index in [1.54, 1.807) is 0 Å². The molecule has 0 N–H and O–H groups in total. The van der Waals surface area contributed by atoms with Gasteiger partial charge >= 0.3 is 0 Å². The topological polar surface area (TPSA) is 12.5 Å². The standard InChI is InChI=1S/C12H8O/c1-2-4-9(5-3-1)10-6-7-11-12(8-10)13-11/h1-8H. The molecule has 0 saturated heterocycles. The van der Waals surface area contributed by atoms with E-state index in [-0.39, 0.29) is 0 Å². The maximum atomic E-state index is 5.20. The largest absolute Gasteiger partial charge is 0.449 e. The second-order valence-electron chi connectivity index (χ2n) is 3.13. The molecule has 2 aromatic carbocycles. The summed E-state index contributed by atoms with van der Waals surface area (Å²) in [6, 6.07) is 16.5. The van der Waals surface area contributed by atoms with Crippen molar-refractivity contribution in [2.45, 2.75) is 0 Å². The van der Waals surface area contributed by atoms with Crippen molar-refractivity contribution >= 4 is 0 Å². The Labute approximate surface area is 76.6 Å². The zero-order chi connectivity index (χ0) is 8.67. The summed E-state index contributed by atoms with van der Waals surface area (Å²) >= 11 is 0. The maximum absolute atomic E-state index is 5.20. The van der Waals surface area contributed by atoms with Crippen molar-refractivity contribution in [1.82, 2.24) is 0 Å². The first-order chi connectivity index (χ1) is 6.43. The van der Waals surface area contributed by atoms with E-state index in [9.17, 15) is 0 Å². The Bertz CT molecular complexity index is 446. The third kappa shape index (κ3) is 1.09. The second kappa shape index (κ2) is 2.36. The fraction of sp³-hybridized carbons (Fsp3) is 0. The molecule has 1 nitrogen and oxygen atoms in total. The van der Waals surface area contributed by atoms with Crippen LogP contribution in [0.5, 0.6) is 11.5 Å². The normalized spacial score (nSPS) is 11.7. The zero-order valence-corrected chi connectivity index (χ0v) is 7.03. The molecular weight excluding hydrogens is 160 g/mol. The van der Waals surface area contributed by atoms with E-state index in [4.69, 9.17) is 4.74 Å². The Balaban J connectivity index is 2.11. The van der Waals surface area contributed by atoms with Gasteiger partial charge in [0.2, 0.25) is 0 Å². The number of fused-ring (bicyclic) bond motifs is 1. The molecule has 1 heterocycles. The van der Waals surface area contributed by atoms with Crippen LogP contribution in [0.4, 0.5) is 0 Å². The minimum atomic E-state index is 1.01. The first kappa shape index (κ1) is 6.72. The van der Waals surface area contributed by atoms with E-state index >= 15 is 0 Å². The van der Waals surface area contributed by atoms with Gasteiger partial charge in [-0.25, -0.2) is 0 Å². The fourth-order valence-electron chi connectivity index (χ4n) is 1.47. The molecule has 1 aliphatic rings. The smallest absolute Gasteiger partial charge is 0.170 e. The van der Waals surface area contributed by atoms with Crippen molar-refractivity contribution in [2.24, 2.45) is 0 Å². The summed E-state index contributed by atoms with van der Waals surface area (Å²) in [7, 11) is 0. The van der Waals surface area contributed by atoms with Crippen molar-refractivity contribution in [2.75, 3.05) is 0 Å². The molecule has 0 amide bonds. The molecule has 13 heavy (non-hydrogen) atoms. The summed E-state index contributed by atoms with van der Waals surface area (Å²) in [6.45, 7) is 0. The number of hydrogen-bond acceptors (Lipinski definition) is 1. The Kier molecular flexibility index (Phi) is 1.22. The quantitative estimate of drug-likeness (QED) is 0.507. The molecule has 0 aliphatic carbocycles. The average molecular weight is 168 g/mol. The summed E-state index contributed by atoms with van der Waals surface area (Å²) in [5, 5.41) is 0. The molecule has 62 valence electrons. The summed E-state index contributed by atoms with van der Waals surface area (Å²) in [6.07, 6.45) is 0. The number of hydrogen-bond donors (Lipinski definition) is 0. The van der Waals surface area contributed by atoms with Crippen LogP contribution in [-0.4, -0.2) is 0 Å². The lowest BCUT2D eigenvalue weighted by atomic mass is 10.1. The molecule has 1 heteroatoms. The lowest BCUT2D eigenvalue weighted by Gasteiger charge is -1.96. The van der Waals surface area contributed by atoms with Crippen LogP contribution in [0.15, 0.2) is 48.5 Å². The molecule has 0 spiro atoms. The van der Waals surface area contributed by atoms with Crippen LogP contribution >= 0.6 is 0 Å². The monoisotopic (exact) mass is 168 g/mol. The van der Waals surface area contributed by atoms with E-state index < -0.39 is 0 Å². The lowest BCUT2D eigenvalue weighted by molar-refractivity contribution is 0.650. The Hall–Kier alpha value is -1.76. The first-order valence-electron chi connectivity index (χ1n) is 4.31. The molecule has 0 saturated carbocycles. The molecule has 0 aromatic heterocycles. The average Bonchev–Trinajstić information content (AvgIpc) is 2.96. The minimum Gasteiger partial charge on any atom is -0.449 e. The van der Waals surface area contributed by atoms with E-state index in [0.29, 0.717) is 0 Å². The predicted octanol–water partition coefficient (Wildman–Crippen LogP) is 3.46. The number of benzene rings is 2. The van der Waals surface area contributed by atoms with Crippen LogP contribution in [0.25, 0.3) is 11.1 Å². The SMILES string of the molecule is c1ccc(-c2ccc3c(c2)O3)cc1. The van der Waals surface area contributed by atoms with Gasteiger partial charge in [0.25, 0.3) is 0 Å². The van der Waals surface area contributed by atoms with E-state index in [0.717, 1.165) is 11.5 Å². The summed E-state index contributed by atoms with van der Waals surface area (Å²) in [4.78, 5) is 0. The predicted molar refractivity (Wildman–Crippen MR) is 52.0 cm³/mol. The van der Waals surface area contributed by atoms with Gasteiger partial charge in [0.1, 0.15) is 0 Å². The van der Waals surface area contributed by atoms with Crippen LogP contribution in [0.1, 0.15) is 0 Å². The maximum Gasteiger partial charge on any atom is 0.170 e. The molecule has 0 atom stereocenters. The van der Waals surface area contributed by atoms with Crippen molar-refractivity contribution in [3.05, 3.63) is 48.5 Å². The van der Waals surface area contributed by atoms with E-state index in [1.165, 1.54) is 11.1 Å². The molecule has 3 rings (SSSR count). The van der Waals surface area contributed by atoms with Gasteiger partial charge in [-0.1, -0.05) is 36.4 Å². The van der Waals surface area contributed by atoms with Crippen molar-refractivity contribution < 1.29 is 4.74 Å². The summed E-state index contributed by atoms with van der Waals surface area (Å²) < 4.78 is 5.20. The van der Waals surface area contributed by atoms with Gasteiger partial charge in [-0.05, 0) is 23.3 Å². The van der Waals surface area contributed by atoms with Gasteiger partial charge in [-0.2, -0.15) is 0 Å². The van der Waals surface area contributed by atoms with Crippen LogP contribution in [0.2, 0.25) is 0 Å². The molecule has 0 fully saturated rings. The van der Waals surface area contributed by atoms with Gasteiger partial charge in [0, 0.05) is 0 Å². The van der Waals surface area contributed by atoms with Gasteiger partial charge in [-0.15, -0.1) is 0 Å². The van der Waals surface area contributed by atoms with Crippen LogP contribution in [-0.2, 0) is 0 Å². The molecular formula is C12H8O. The Morgan fingerprint density at radius 2 is 1.54 bits per heavy atom. The van der Waals surface area contributed by atoms with E-state index in [2.05, 4.69) is 24.3 Å². The Morgan fingerprint density at radius 3 is 2.31 bits per heavy atom. The van der Waals surface area contributed by atoms with Gasteiger partial charge in [0.15, 0.2) is 11.5 Å². The third-order valence-electron chi connectivity index (χ3n) is 2.23. The highest BCUT2D eigenvalue weighted by Crippen LogP contribution is 2.46. The van der Waals surface area contributed by atoms with Crippen LogP contribution in [0.3, 0.4) is 0 Å². The highest BCUT2D eigenvalue weighted by Gasteiger charge is 2.19. The zero-order valence-electron chi connectivity index (χ0n) is 7.03. The minimum absolute atomic E-state index is 1.01. The highest BCUT2D eigenvalue weighted by atomic mass is 16.6. The number of ether oxygens (including phenoxy) is 1. The fourth-order valence-corrected chi connectivity index (χ4v) is 1.47. The summed E-state index contributed by atoms with van der Waals surface area (Å²) in [5.74, 6) is 2.03. The van der Waals surface area contributed by atoms with Gasteiger partial charge < -0.3 is 4.74 Å². The van der Waals surface area contributed by atoms with Crippen LogP contribution in [0, 0.1) is 0 Å². The van der Waals surface area contributed by atoms with Crippen molar-refractivity contribution in [3.63, 3.8) is 0 Å². The van der Waals surface area contributed by atoms with Crippen molar-refractivity contribution in [1.29, 1.82) is 0 Å². The second-order valence-corrected chi connectivity index (χ2v) is 3.13. The molecule has 0 radical (unpaired) electrons. The first-order valence-corrected chi connectivity index (χ1v) is 4.31. The van der Waals surface area contributed by atoms with Crippen molar-refractivity contribution in [3.8, 4) is 22.6 Å². The van der Waals surface area contributed by atoms with E-state index in [1.807, 2.05) is 24.3 Å².